The predicted molar refractivity (Wildman–Crippen MR) is 122 cm³/mol. The van der Waals surface area contributed by atoms with E-state index in [1.165, 1.54) is 38.6 Å². The summed E-state index contributed by atoms with van der Waals surface area (Å²) in [5.74, 6) is 0.315. The summed E-state index contributed by atoms with van der Waals surface area (Å²) >= 11 is 5.27. The fourth-order valence-corrected chi connectivity index (χ4v) is 3.74. The first-order valence-electron chi connectivity index (χ1n) is 8.95. The first-order valence-corrected chi connectivity index (χ1v) is 10.8. The van der Waals surface area contributed by atoms with Crippen molar-refractivity contribution >= 4 is 50.3 Å². The molecule has 0 bridgehead atoms. The molecule has 0 amide bonds. The molecule has 3 N–H and O–H groups in total. The normalized spacial score (nSPS) is 10.8. The molecule has 31 heavy (non-hydrogen) atoms. The van der Waals surface area contributed by atoms with Gasteiger partial charge in [0.1, 0.15) is 12.1 Å². The van der Waals surface area contributed by atoms with E-state index in [1.807, 2.05) is 0 Å². The van der Waals surface area contributed by atoms with Gasteiger partial charge in [0.25, 0.3) is 10.0 Å². The van der Waals surface area contributed by atoms with E-state index < -0.39 is 10.0 Å². The molecule has 160 valence electrons. The van der Waals surface area contributed by atoms with Crippen LogP contribution in [0.15, 0.2) is 65.8 Å². The minimum absolute atomic E-state index is 0.0179. The Morgan fingerprint density at radius 3 is 2.10 bits per heavy atom. The number of hydrogen-bond donors (Lipinski definition) is 3. The number of hydrogen-bond acceptors (Lipinski definition) is 7. The highest BCUT2D eigenvalue weighted by molar-refractivity contribution is 7.92. The summed E-state index contributed by atoms with van der Waals surface area (Å²) in [5.41, 5.74) is 1.92. The number of carbonyl (C=O) groups is 1. The summed E-state index contributed by atoms with van der Waals surface area (Å²) in [6.45, 7) is 1.50. The molecule has 0 radical (unpaired) electrons. The smallest absolute Gasteiger partial charge is 0.263 e. The van der Waals surface area contributed by atoms with Crippen molar-refractivity contribution in [2.24, 2.45) is 0 Å². The zero-order chi connectivity index (χ0) is 22.4. The Morgan fingerprint density at radius 1 is 0.968 bits per heavy atom. The highest BCUT2D eigenvalue weighted by Crippen LogP contribution is 2.19. The summed E-state index contributed by atoms with van der Waals surface area (Å²) in [5, 5.41) is 6.29. The third-order valence-electron chi connectivity index (χ3n) is 4.06. The van der Waals surface area contributed by atoms with Gasteiger partial charge in [0.2, 0.25) is 5.88 Å². The van der Waals surface area contributed by atoms with Crippen LogP contribution in [0.3, 0.4) is 0 Å². The number of sulfonamides is 1. The van der Waals surface area contributed by atoms with E-state index in [1.54, 1.807) is 36.4 Å². The van der Waals surface area contributed by atoms with Gasteiger partial charge in [-0.3, -0.25) is 9.52 Å². The van der Waals surface area contributed by atoms with Crippen LogP contribution in [-0.4, -0.2) is 36.4 Å². The van der Waals surface area contributed by atoms with Gasteiger partial charge in [0.15, 0.2) is 10.9 Å². The number of ether oxygens (including phenoxy) is 1. The van der Waals surface area contributed by atoms with Crippen molar-refractivity contribution < 1.29 is 17.9 Å². The number of benzene rings is 2. The maximum absolute atomic E-state index is 12.6. The van der Waals surface area contributed by atoms with E-state index in [2.05, 4.69) is 25.3 Å². The standard InChI is InChI=1S/C20H19N5O4S2/c1-13(26)14-3-5-15(6-4-14)23-20(30)24-16-7-9-17(10-8-16)31(27,28)25-18-11-19(29-2)22-12-21-18/h3-12H,1-2H3,(H,21,22,25)(H2,23,24,30). The predicted octanol–water partition coefficient (Wildman–Crippen LogP) is 3.30. The Labute approximate surface area is 184 Å². The van der Waals surface area contributed by atoms with Crippen LogP contribution in [0.4, 0.5) is 17.2 Å². The van der Waals surface area contributed by atoms with Gasteiger partial charge in [-0.1, -0.05) is 0 Å². The van der Waals surface area contributed by atoms with Gasteiger partial charge in [-0.15, -0.1) is 0 Å². The van der Waals surface area contributed by atoms with E-state index in [9.17, 15) is 13.2 Å². The minimum atomic E-state index is -3.84. The Balaban J connectivity index is 1.63. The molecule has 3 rings (SSSR count). The average molecular weight is 458 g/mol. The van der Waals surface area contributed by atoms with Crippen LogP contribution in [0, 0.1) is 0 Å². The maximum atomic E-state index is 12.6. The van der Waals surface area contributed by atoms with Gasteiger partial charge in [0.05, 0.1) is 12.0 Å². The summed E-state index contributed by atoms with van der Waals surface area (Å²) in [6, 6.07) is 14.3. The zero-order valence-corrected chi connectivity index (χ0v) is 18.3. The first kappa shape index (κ1) is 22.1. The van der Waals surface area contributed by atoms with Gasteiger partial charge < -0.3 is 15.4 Å². The number of anilines is 3. The van der Waals surface area contributed by atoms with Crippen LogP contribution >= 0.6 is 12.2 Å². The molecule has 0 atom stereocenters. The molecule has 0 unspecified atom stereocenters. The van der Waals surface area contributed by atoms with E-state index in [0.29, 0.717) is 22.1 Å². The van der Waals surface area contributed by atoms with Gasteiger partial charge >= 0.3 is 0 Å². The van der Waals surface area contributed by atoms with Gasteiger partial charge in [-0.05, 0) is 67.7 Å². The number of thiocarbonyl (C=S) groups is 1. The van der Waals surface area contributed by atoms with Crippen LogP contribution < -0.4 is 20.1 Å². The van der Waals surface area contributed by atoms with Gasteiger partial charge in [-0.25, -0.2) is 18.4 Å². The quantitative estimate of drug-likeness (QED) is 0.362. The Morgan fingerprint density at radius 2 is 1.55 bits per heavy atom. The first-order chi connectivity index (χ1) is 14.8. The van der Waals surface area contributed by atoms with E-state index in [-0.39, 0.29) is 22.4 Å². The van der Waals surface area contributed by atoms with Crippen molar-refractivity contribution in [2.75, 3.05) is 22.5 Å². The van der Waals surface area contributed by atoms with Crippen LogP contribution in [0.2, 0.25) is 0 Å². The average Bonchev–Trinajstić information content (AvgIpc) is 2.74. The Hall–Kier alpha value is -3.57. The minimum Gasteiger partial charge on any atom is -0.481 e. The molecule has 0 spiro atoms. The molecular weight excluding hydrogens is 438 g/mol. The number of aromatic nitrogens is 2. The lowest BCUT2D eigenvalue weighted by atomic mass is 10.1. The number of methoxy groups -OCH3 is 1. The highest BCUT2D eigenvalue weighted by atomic mass is 32.2. The van der Waals surface area contributed by atoms with Crippen molar-refractivity contribution in [2.45, 2.75) is 11.8 Å². The molecule has 11 heteroatoms. The summed E-state index contributed by atoms with van der Waals surface area (Å²) in [4.78, 5) is 19.1. The van der Waals surface area contributed by atoms with Crippen LogP contribution in [0.1, 0.15) is 17.3 Å². The van der Waals surface area contributed by atoms with Gasteiger partial charge in [-0.2, -0.15) is 0 Å². The maximum Gasteiger partial charge on any atom is 0.263 e. The molecule has 0 fully saturated rings. The molecule has 1 aromatic heterocycles. The number of carbonyl (C=O) groups excluding carboxylic acids is 1. The fraction of sp³-hybridized carbons (Fsp3) is 0.100. The fourth-order valence-electron chi connectivity index (χ4n) is 2.50. The molecule has 1 heterocycles. The molecule has 0 saturated heterocycles. The molecule has 0 aliphatic carbocycles. The second-order valence-corrected chi connectivity index (χ2v) is 8.38. The number of Topliss-reactive ketones (excluding diaryl/α,β-unsaturated/α-hetero) is 1. The molecule has 0 saturated carbocycles. The monoisotopic (exact) mass is 457 g/mol. The molecular formula is C20H19N5O4S2. The lowest BCUT2D eigenvalue weighted by molar-refractivity contribution is 0.101. The summed E-state index contributed by atoms with van der Waals surface area (Å²) in [7, 11) is -2.42. The summed E-state index contributed by atoms with van der Waals surface area (Å²) < 4.78 is 32.4. The SMILES string of the molecule is COc1cc(NS(=O)(=O)c2ccc(NC(=S)Nc3ccc(C(C)=O)cc3)cc2)ncn1. The lowest BCUT2D eigenvalue weighted by Gasteiger charge is -2.12. The Bertz CT molecular complexity index is 1200. The molecule has 0 aliphatic rings. The molecule has 3 aromatic rings. The van der Waals surface area contributed by atoms with E-state index in [0.717, 1.165) is 0 Å². The topological polar surface area (TPSA) is 122 Å². The second kappa shape index (κ2) is 9.49. The number of nitrogens with one attached hydrogen (secondary N) is 3. The van der Waals surface area contributed by atoms with Crippen molar-refractivity contribution in [3.8, 4) is 5.88 Å². The highest BCUT2D eigenvalue weighted by Gasteiger charge is 2.15. The number of nitrogens with zero attached hydrogens (tertiary/aromatic N) is 2. The van der Waals surface area contributed by atoms with Crippen LogP contribution in [0.5, 0.6) is 5.88 Å². The molecule has 0 aliphatic heterocycles. The van der Waals surface area contributed by atoms with Crippen molar-refractivity contribution in [3.63, 3.8) is 0 Å². The molecule has 2 aromatic carbocycles. The van der Waals surface area contributed by atoms with Crippen LogP contribution in [-0.2, 0) is 10.0 Å². The largest absolute Gasteiger partial charge is 0.481 e. The summed E-state index contributed by atoms with van der Waals surface area (Å²) in [6.07, 6.45) is 1.20. The molecule has 9 nitrogen and oxygen atoms in total. The number of ketones is 1. The Kier molecular flexibility index (Phi) is 6.78. The van der Waals surface area contributed by atoms with E-state index >= 15 is 0 Å². The number of rotatable bonds is 7. The van der Waals surface area contributed by atoms with Crippen LogP contribution in [0.25, 0.3) is 0 Å². The lowest BCUT2D eigenvalue weighted by Crippen LogP contribution is -2.19. The van der Waals surface area contributed by atoms with Crippen molar-refractivity contribution in [3.05, 3.63) is 66.5 Å². The van der Waals surface area contributed by atoms with E-state index in [4.69, 9.17) is 17.0 Å². The van der Waals surface area contributed by atoms with Crippen molar-refractivity contribution in [1.82, 2.24) is 9.97 Å². The third-order valence-corrected chi connectivity index (χ3v) is 5.64. The second-order valence-electron chi connectivity index (χ2n) is 6.29. The van der Waals surface area contributed by atoms with Gasteiger partial charge in [0, 0.05) is 23.0 Å². The van der Waals surface area contributed by atoms with Crippen molar-refractivity contribution in [1.29, 1.82) is 0 Å². The zero-order valence-electron chi connectivity index (χ0n) is 16.6. The third kappa shape index (κ3) is 5.96.